The maximum atomic E-state index is 11.4. The fourth-order valence-electron chi connectivity index (χ4n) is 2.38. The average Bonchev–Trinajstić information content (AvgIpc) is 3.14. The van der Waals surface area contributed by atoms with E-state index in [1.165, 1.54) is 18.5 Å². The number of hydrogen-bond acceptors (Lipinski definition) is 3. The number of aromatic nitrogens is 2. The minimum Gasteiger partial charge on any atom is -0.379 e. The predicted molar refractivity (Wildman–Crippen MR) is 76.3 cm³/mol. The van der Waals surface area contributed by atoms with Crippen LogP contribution in [0, 0.1) is 0 Å². The van der Waals surface area contributed by atoms with Crippen molar-refractivity contribution < 1.29 is 4.79 Å². The maximum absolute atomic E-state index is 11.4. The molecule has 1 amide bonds. The Morgan fingerprint density at radius 2 is 2.32 bits per heavy atom. The molecule has 1 aliphatic rings. The number of hydrogen-bond donors (Lipinski definition) is 2. The summed E-state index contributed by atoms with van der Waals surface area (Å²) in [6.07, 6.45) is 6.00. The Kier molecular flexibility index (Phi) is 4.45. The molecule has 2 rings (SSSR count). The molecule has 1 aromatic heterocycles. The van der Waals surface area contributed by atoms with Gasteiger partial charge in [0.25, 0.3) is 0 Å². The lowest BCUT2D eigenvalue weighted by Crippen LogP contribution is -2.27. The highest BCUT2D eigenvalue weighted by molar-refractivity contribution is 5.76. The number of carbonyl (C=O) groups excluding carboxylic acids is 1. The van der Waals surface area contributed by atoms with E-state index in [0.717, 1.165) is 18.7 Å². The minimum absolute atomic E-state index is 0.0638. The first-order valence-corrected chi connectivity index (χ1v) is 7.18. The second-order valence-corrected chi connectivity index (χ2v) is 5.36. The lowest BCUT2D eigenvalue weighted by atomic mass is 10.2. The van der Waals surface area contributed by atoms with Crippen molar-refractivity contribution in [2.24, 2.45) is 0 Å². The Balaban J connectivity index is 2.05. The van der Waals surface area contributed by atoms with Gasteiger partial charge in [0.05, 0.1) is 17.6 Å². The molecule has 5 nitrogen and oxygen atoms in total. The summed E-state index contributed by atoms with van der Waals surface area (Å²) in [6, 6.07) is 0.122. The molecule has 0 saturated heterocycles. The third-order valence-corrected chi connectivity index (χ3v) is 3.45. The van der Waals surface area contributed by atoms with Crippen molar-refractivity contribution in [1.82, 2.24) is 15.1 Å². The van der Waals surface area contributed by atoms with Crippen LogP contribution >= 0.6 is 0 Å². The van der Waals surface area contributed by atoms with Gasteiger partial charge in [0.15, 0.2) is 0 Å². The molecule has 5 heteroatoms. The molecule has 0 spiro atoms. The Hall–Kier alpha value is -1.52. The highest BCUT2D eigenvalue weighted by Gasteiger charge is 2.30. The van der Waals surface area contributed by atoms with Crippen LogP contribution < -0.4 is 10.6 Å². The second-order valence-electron chi connectivity index (χ2n) is 5.36. The van der Waals surface area contributed by atoms with Crippen LogP contribution in [-0.2, 0) is 11.3 Å². The van der Waals surface area contributed by atoms with Crippen LogP contribution in [-0.4, -0.2) is 28.8 Å². The summed E-state index contributed by atoms with van der Waals surface area (Å²) >= 11 is 0. The minimum atomic E-state index is 0.0638. The zero-order valence-corrected chi connectivity index (χ0v) is 12.1. The molecular formula is C14H24N4O. The molecule has 1 aliphatic carbocycles. The number of amides is 1. The standard InChI is InChI=1S/C14H24N4O/c1-4-7-18-14(11-5-6-11)12(9-16-18)17-10(2)8-13(19)15-3/h9-11,17H,4-8H2,1-3H3,(H,15,19). The molecule has 1 fully saturated rings. The van der Waals surface area contributed by atoms with Gasteiger partial charge >= 0.3 is 0 Å². The van der Waals surface area contributed by atoms with Crippen molar-refractivity contribution >= 4 is 11.6 Å². The van der Waals surface area contributed by atoms with Gasteiger partial charge in [-0.1, -0.05) is 6.92 Å². The van der Waals surface area contributed by atoms with Crippen molar-refractivity contribution in [2.45, 2.75) is 58.0 Å². The van der Waals surface area contributed by atoms with Gasteiger partial charge in [-0.15, -0.1) is 0 Å². The lowest BCUT2D eigenvalue weighted by molar-refractivity contribution is -0.120. The van der Waals surface area contributed by atoms with Crippen molar-refractivity contribution in [3.8, 4) is 0 Å². The molecule has 1 unspecified atom stereocenters. The molecule has 0 aliphatic heterocycles. The van der Waals surface area contributed by atoms with Crippen LogP contribution in [0.1, 0.15) is 51.1 Å². The van der Waals surface area contributed by atoms with Gasteiger partial charge in [-0.05, 0) is 26.2 Å². The van der Waals surface area contributed by atoms with E-state index in [1.807, 2.05) is 13.1 Å². The molecule has 0 radical (unpaired) electrons. The summed E-state index contributed by atoms with van der Waals surface area (Å²) in [5.74, 6) is 0.720. The predicted octanol–water partition coefficient (Wildman–Crippen LogP) is 2.11. The van der Waals surface area contributed by atoms with Crippen LogP contribution in [0.3, 0.4) is 0 Å². The first-order valence-electron chi connectivity index (χ1n) is 7.18. The summed E-state index contributed by atoms with van der Waals surface area (Å²) in [6.45, 7) is 5.17. The number of nitrogens with zero attached hydrogens (tertiary/aromatic N) is 2. The SMILES string of the molecule is CCCn1ncc(NC(C)CC(=O)NC)c1C1CC1. The van der Waals surface area contributed by atoms with Gasteiger partial charge in [-0.2, -0.15) is 5.10 Å². The molecule has 1 saturated carbocycles. The number of rotatable bonds is 7. The Morgan fingerprint density at radius 3 is 2.89 bits per heavy atom. The van der Waals surface area contributed by atoms with Crippen LogP contribution in [0.5, 0.6) is 0 Å². The molecule has 0 aromatic carbocycles. The van der Waals surface area contributed by atoms with E-state index in [4.69, 9.17) is 0 Å². The summed E-state index contributed by atoms with van der Waals surface area (Å²) in [4.78, 5) is 11.4. The summed E-state index contributed by atoms with van der Waals surface area (Å²) in [5.41, 5.74) is 2.43. The highest BCUT2D eigenvalue weighted by atomic mass is 16.1. The number of aryl methyl sites for hydroxylation is 1. The Labute approximate surface area is 114 Å². The average molecular weight is 264 g/mol. The molecule has 1 aromatic rings. The normalized spacial score (nSPS) is 16.2. The molecule has 2 N–H and O–H groups in total. The highest BCUT2D eigenvalue weighted by Crippen LogP contribution is 2.43. The van der Waals surface area contributed by atoms with E-state index in [9.17, 15) is 4.79 Å². The number of nitrogens with one attached hydrogen (secondary N) is 2. The third-order valence-electron chi connectivity index (χ3n) is 3.45. The largest absolute Gasteiger partial charge is 0.379 e. The van der Waals surface area contributed by atoms with Gasteiger partial charge in [0.1, 0.15) is 0 Å². The first-order chi connectivity index (χ1) is 9.15. The monoisotopic (exact) mass is 264 g/mol. The van der Waals surface area contributed by atoms with Crippen LogP contribution in [0.2, 0.25) is 0 Å². The van der Waals surface area contributed by atoms with Gasteiger partial charge < -0.3 is 10.6 Å². The quantitative estimate of drug-likeness (QED) is 0.793. The molecule has 1 heterocycles. The smallest absolute Gasteiger partial charge is 0.221 e. The zero-order valence-electron chi connectivity index (χ0n) is 12.1. The van der Waals surface area contributed by atoms with Crippen LogP contribution in [0.25, 0.3) is 0 Å². The van der Waals surface area contributed by atoms with Gasteiger partial charge in [0, 0.05) is 32.0 Å². The summed E-state index contributed by atoms with van der Waals surface area (Å²) in [7, 11) is 1.67. The van der Waals surface area contributed by atoms with E-state index < -0.39 is 0 Å². The fraction of sp³-hybridized carbons (Fsp3) is 0.714. The maximum Gasteiger partial charge on any atom is 0.221 e. The first kappa shape index (κ1) is 13.9. The van der Waals surface area contributed by atoms with Crippen molar-refractivity contribution in [1.29, 1.82) is 0 Å². The van der Waals surface area contributed by atoms with Gasteiger partial charge in [-0.3, -0.25) is 9.48 Å². The fourth-order valence-corrected chi connectivity index (χ4v) is 2.38. The van der Waals surface area contributed by atoms with Crippen molar-refractivity contribution in [3.63, 3.8) is 0 Å². The molecule has 19 heavy (non-hydrogen) atoms. The van der Waals surface area contributed by atoms with Crippen LogP contribution in [0.4, 0.5) is 5.69 Å². The van der Waals surface area contributed by atoms with Gasteiger partial charge in [0.2, 0.25) is 5.91 Å². The van der Waals surface area contributed by atoms with Crippen LogP contribution in [0.15, 0.2) is 6.20 Å². The van der Waals surface area contributed by atoms with E-state index in [2.05, 4.69) is 27.3 Å². The molecule has 106 valence electrons. The number of anilines is 1. The Morgan fingerprint density at radius 1 is 1.58 bits per heavy atom. The molecule has 1 atom stereocenters. The van der Waals surface area contributed by atoms with E-state index >= 15 is 0 Å². The van der Waals surface area contributed by atoms with E-state index in [0.29, 0.717) is 12.3 Å². The zero-order chi connectivity index (χ0) is 13.8. The topological polar surface area (TPSA) is 59.0 Å². The second kappa shape index (κ2) is 6.08. The molecular weight excluding hydrogens is 240 g/mol. The van der Waals surface area contributed by atoms with E-state index in [1.54, 1.807) is 7.05 Å². The van der Waals surface area contributed by atoms with Gasteiger partial charge in [-0.25, -0.2) is 0 Å². The van der Waals surface area contributed by atoms with Crippen molar-refractivity contribution in [2.75, 3.05) is 12.4 Å². The number of carbonyl (C=O) groups is 1. The summed E-state index contributed by atoms with van der Waals surface area (Å²) in [5, 5.41) is 10.6. The van der Waals surface area contributed by atoms with E-state index in [-0.39, 0.29) is 11.9 Å². The van der Waals surface area contributed by atoms with Crippen molar-refractivity contribution in [3.05, 3.63) is 11.9 Å². The lowest BCUT2D eigenvalue weighted by Gasteiger charge is -2.15. The molecule has 0 bridgehead atoms. The summed E-state index contributed by atoms with van der Waals surface area (Å²) < 4.78 is 2.12. The Bertz CT molecular complexity index is 437. The third kappa shape index (κ3) is 3.49.